The summed E-state index contributed by atoms with van der Waals surface area (Å²) in [6.45, 7) is 6.79. The van der Waals surface area contributed by atoms with Gasteiger partial charge in [-0.15, -0.1) is 23.2 Å². The van der Waals surface area contributed by atoms with Crippen LogP contribution in [0.5, 0.6) is 0 Å². The molecule has 7 aliphatic rings. The van der Waals surface area contributed by atoms with Crippen molar-refractivity contribution in [1.29, 1.82) is 0 Å². The summed E-state index contributed by atoms with van der Waals surface area (Å²) < 4.78 is 36.0. The molecule has 4 amide bonds. The molecule has 3 heterocycles. The van der Waals surface area contributed by atoms with E-state index in [1.807, 2.05) is 0 Å². The Morgan fingerprint density at radius 3 is 2.23 bits per heavy atom. The van der Waals surface area contributed by atoms with E-state index in [4.69, 9.17) is 27.7 Å². The minimum absolute atomic E-state index is 0.0676. The Balaban J connectivity index is 0.000000164. The quantitative estimate of drug-likeness (QED) is 0.142. The molecule has 15 nitrogen and oxygen atoms in total. The number of hydrogen-bond donors (Lipinski definition) is 5. The molecule has 0 bridgehead atoms. The van der Waals surface area contributed by atoms with Gasteiger partial charge in [-0.3, -0.25) is 43.5 Å². The fourth-order valence-electron chi connectivity index (χ4n) is 11.0. The van der Waals surface area contributed by atoms with Gasteiger partial charge in [0.05, 0.1) is 23.8 Å². The number of ketones is 2. The molecule has 0 spiro atoms. The highest BCUT2D eigenvalue weighted by Crippen LogP contribution is 2.70. The summed E-state index contributed by atoms with van der Waals surface area (Å²) in [6.07, 6.45) is 5.63. The van der Waals surface area contributed by atoms with Gasteiger partial charge in [0.2, 0.25) is 11.8 Å². The number of hydrogen-bond acceptors (Lipinski definition) is 11. The van der Waals surface area contributed by atoms with Crippen LogP contribution in [0, 0.1) is 28.6 Å². The number of amides is 4. The number of benzene rings is 1. The van der Waals surface area contributed by atoms with Crippen LogP contribution in [0.1, 0.15) is 86.4 Å². The molecule has 3 aliphatic heterocycles. The molecule has 2 saturated heterocycles. The number of aliphatic hydroxyl groups is 3. The van der Waals surface area contributed by atoms with Crippen molar-refractivity contribution in [1.82, 2.24) is 20.0 Å². The summed E-state index contributed by atoms with van der Waals surface area (Å²) in [7, 11) is -2.84. The van der Waals surface area contributed by atoms with Crippen LogP contribution in [0.25, 0.3) is 0 Å². The monoisotopic (exact) mass is 910 g/mol. The second-order valence-electron chi connectivity index (χ2n) is 17.2. The predicted molar refractivity (Wildman–Crippen MR) is 222 cm³/mol. The van der Waals surface area contributed by atoms with E-state index in [0.717, 1.165) is 17.9 Å². The lowest BCUT2D eigenvalue weighted by atomic mass is 9.44. The van der Waals surface area contributed by atoms with Gasteiger partial charge < -0.3 is 19.8 Å². The lowest BCUT2D eigenvalue weighted by Gasteiger charge is -2.62. The topological polar surface area (TPSA) is 220 Å². The maximum atomic E-state index is 16.9. The number of halogens is 3. The number of nitrogens with one attached hydrogen (secondary N) is 2. The first-order valence-corrected chi connectivity index (χ1v) is 23.3. The van der Waals surface area contributed by atoms with Gasteiger partial charge in [-0.1, -0.05) is 37.6 Å². The highest BCUT2D eigenvalue weighted by Gasteiger charge is 2.75. The molecule has 334 valence electrons. The first kappa shape index (κ1) is 47.3. The van der Waals surface area contributed by atoms with Crippen LogP contribution >= 0.6 is 30.9 Å². The second-order valence-corrected chi connectivity index (χ2v) is 20.1. The number of fused-ring (bicyclic) bond motifs is 6. The van der Waals surface area contributed by atoms with Crippen molar-refractivity contribution >= 4 is 66.1 Å². The molecule has 3 saturated carbocycles. The lowest BCUT2D eigenvalue weighted by molar-refractivity contribution is -0.219. The fraction of sp³-hybridized carbons (Fsp3) is 0.619. The number of piperidine rings is 1. The van der Waals surface area contributed by atoms with Crippen LogP contribution in [-0.4, -0.2) is 128 Å². The number of carbonyl (C=O) groups excluding carboxylic acids is 6. The average molecular weight is 912 g/mol. The molecule has 4 aliphatic carbocycles. The lowest BCUT2D eigenvalue weighted by Crippen LogP contribution is -2.69. The van der Waals surface area contributed by atoms with E-state index in [-0.39, 0.29) is 36.9 Å². The van der Waals surface area contributed by atoms with Crippen molar-refractivity contribution in [3.8, 4) is 0 Å². The second kappa shape index (κ2) is 18.1. The summed E-state index contributed by atoms with van der Waals surface area (Å²) in [6, 6.07) is 5.55. The largest absolute Gasteiger partial charge is 0.390 e. The van der Waals surface area contributed by atoms with Gasteiger partial charge in [-0.25, -0.2) is 14.1 Å². The van der Waals surface area contributed by atoms with E-state index in [1.54, 1.807) is 55.8 Å². The van der Waals surface area contributed by atoms with Gasteiger partial charge in [0.25, 0.3) is 11.8 Å². The highest BCUT2D eigenvalue weighted by molar-refractivity contribution is 7.54. The molecular formula is C42H54Cl2FN4O11P. The van der Waals surface area contributed by atoms with Crippen molar-refractivity contribution in [2.75, 3.05) is 44.6 Å². The van der Waals surface area contributed by atoms with Crippen LogP contribution in [0.2, 0.25) is 0 Å². The van der Waals surface area contributed by atoms with Crippen LogP contribution in [0.4, 0.5) is 4.39 Å². The first-order chi connectivity index (χ1) is 28.8. The summed E-state index contributed by atoms with van der Waals surface area (Å²) in [5, 5.41) is 37.0. The number of Topliss-reactive ketones (excluding diaryl/α,β-unsaturated/α-hetero) is 1. The van der Waals surface area contributed by atoms with Gasteiger partial charge >= 0.3 is 7.67 Å². The zero-order chi connectivity index (χ0) is 44.7. The van der Waals surface area contributed by atoms with E-state index in [2.05, 4.69) is 10.4 Å². The van der Waals surface area contributed by atoms with E-state index < -0.39 is 83.9 Å². The third-order valence-electron chi connectivity index (χ3n) is 14.1. The molecule has 10 atom stereocenters. The maximum Gasteiger partial charge on any atom is 0.343 e. The van der Waals surface area contributed by atoms with Crippen molar-refractivity contribution in [2.45, 2.75) is 89.1 Å². The Morgan fingerprint density at radius 1 is 1.03 bits per heavy atom. The van der Waals surface area contributed by atoms with Crippen molar-refractivity contribution in [2.24, 2.45) is 28.6 Å². The summed E-state index contributed by atoms with van der Waals surface area (Å²) in [5.74, 6) is -3.20. The van der Waals surface area contributed by atoms with Gasteiger partial charge in [-0.05, 0) is 81.6 Å². The number of allylic oxidation sites excluding steroid dienone is 4. The minimum Gasteiger partial charge on any atom is -0.390 e. The van der Waals surface area contributed by atoms with Crippen LogP contribution < -0.4 is 10.4 Å². The Labute approximate surface area is 364 Å². The summed E-state index contributed by atoms with van der Waals surface area (Å²) in [4.78, 5) is 72.5. The summed E-state index contributed by atoms with van der Waals surface area (Å²) >= 11 is 11.2. The molecule has 1 aromatic carbocycles. The third kappa shape index (κ3) is 7.92. The van der Waals surface area contributed by atoms with Gasteiger partial charge in [0.15, 0.2) is 17.2 Å². The first-order valence-electron chi connectivity index (χ1n) is 20.6. The third-order valence-corrected chi connectivity index (χ3v) is 16.7. The smallest absolute Gasteiger partial charge is 0.343 e. The zero-order valence-corrected chi connectivity index (χ0v) is 36.8. The Morgan fingerprint density at radius 2 is 1.67 bits per heavy atom. The summed E-state index contributed by atoms with van der Waals surface area (Å²) in [5.41, 5.74) is -4.56. The molecule has 1 aromatic rings. The molecule has 5 fully saturated rings. The van der Waals surface area contributed by atoms with E-state index >= 15 is 4.39 Å². The number of nitrogens with zero attached hydrogens (tertiary/aromatic N) is 2. The van der Waals surface area contributed by atoms with Crippen molar-refractivity contribution in [3.05, 3.63) is 59.2 Å². The van der Waals surface area contributed by atoms with Crippen LogP contribution in [0.3, 0.4) is 0 Å². The number of carbonyl (C=O) groups is 6. The molecule has 19 heteroatoms. The number of imide groups is 2. The molecular weight excluding hydrogens is 857 g/mol. The molecule has 61 heavy (non-hydrogen) atoms. The number of aliphatic hydroxyl groups excluding tert-OH is 2. The predicted octanol–water partition coefficient (Wildman–Crippen LogP) is 3.87. The van der Waals surface area contributed by atoms with E-state index in [9.17, 15) is 48.7 Å². The van der Waals surface area contributed by atoms with E-state index in [1.165, 1.54) is 12.2 Å². The highest BCUT2D eigenvalue weighted by atomic mass is 35.5. The van der Waals surface area contributed by atoms with Crippen molar-refractivity contribution < 1.29 is 57.6 Å². The Hall–Kier alpha value is -3.18. The number of rotatable bonds is 8. The molecule has 2 unspecified atom stereocenters. The Bertz CT molecular complexity index is 2020. The van der Waals surface area contributed by atoms with E-state index in [0.29, 0.717) is 67.4 Å². The molecule has 5 N–H and O–H groups in total. The Kier molecular flexibility index (Phi) is 14.1. The van der Waals surface area contributed by atoms with Crippen molar-refractivity contribution in [3.63, 3.8) is 0 Å². The van der Waals surface area contributed by atoms with Gasteiger partial charge in [0, 0.05) is 54.6 Å². The number of alkyl halides is 3. The fourth-order valence-corrected chi connectivity index (χ4v) is 13.6. The molecule has 0 radical (unpaired) electrons. The molecule has 0 aromatic heterocycles. The van der Waals surface area contributed by atoms with Crippen LogP contribution in [0.15, 0.2) is 48.1 Å². The van der Waals surface area contributed by atoms with Crippen LogP contribution in [-0.2, 0) is 28.3 Å². The maximum absolute atomic E-state index is 16.9. The standard InChI is InChI=1S/C22H29FO5.C13H10N2O4.C7H15Cl2N2O2P/c1-12-8-16-15-5-4-13-9-14(25)6-7-19(13,2)21(15,23)17(26)10-20(16,3)22(12,28)18(27)11-24;16-10-6-5-9(11(17)14-10)15-12(18)7-3-1-2-4-8(7)13(15)19;8-2-5-11(6-3-9)14(12)10-4-1-7-13-14/h6-7,9,12,15-17,24,26,28H,4-5,8,10-11H2,1-3H3;1-4,9H,5-6H2,(H,14,16,17);1-7H2,(H,10,12)/t12-,15+,16+,17+,19+,20+,21+,22+;;/m1../s1. The minimum atomic E-state index is -2.84. The molecule has 8 rings (SSSR count). The SMILES string of the molecule is C[C@@H]1C[C@H]2[C@@H]3CCC4=CC(=O)C=C[C@]4(C)[C@@]3(F)[C@@H](O)C[C@]2(C)[C@@]1(O)C(=O)CO.O=C1CCC(N2C(=O)c3ccccc3C2=O)C(=O)N1.O=P1(N(CCCl)CCCl)NCCCO1. The normalized spacial score (nSPS) is 37.6. The zero-order valence-electron chi connectivity index (χ0n) is 34.4. The average Bonchev–Trinajstić information content (AvgIpc) is 3.60. The van der Waals surface area contributed by atoms with Gasteiger partial charge in [0.1, 0.15) is 18.2 Å². The van der Waals surface area contributed by atoms with Gasteiger partial charge in [-0.2, -0.15) is 0 Å².